The number of nitrogens with zero attached hydrogens (tertiary/aromatic N) is 2. The molecule has 9 heteroatoms. The number of carbonyl (C=O) groups excluding carboxylic acids is 1. The zero-order valence-electron chi connectivity index (χ0n) is 13.6. The first-order valence-corrected chi connectivity index (χ1v) is 8.47. The van der Waals surface area contributed by atoms with E-state index in [9.17, 15) is 18.0 Å². The van der Waals surface area contributed by atoms with Gasteiger partial charge in [0, 0.05) is 23.5 Å². The van der Waals surface area contributed by atoms with E-state index in [0.717, 1.165) is 37.8 Å². The van der Waals surface area contributed by atoms with Gasteiger partial charge >= 0.3 is 6.18 Å². The molecule has 138 valence electrons. The molecule has 0 unspecified atom stereocenters. The lowest BCUT2D eigenvalue weighted by Crippen LogP contribution is -2.19. The number of nitrogens with one attached hydrogen (secondary N) is 2. The van der Waals surface area contributed by atoms with Crippen molar-refractivity contribution in [3.05, 3.63) is 46.7 Å². The summed E-state index contributed by atoms with van der Waals surface area (Å²) in [5.41, 5.74) is -1.33. The van der Waals surface area contributed by atoms with Gasteiger partial charge in [-0.15, -0.1) is 0 Å². The summed E-state index contributed by atoms with van der Waals surface area (Å²) in [7, 11) is 0. The molecule has 0 aliphatic heterocycles. The summed E-state index contributed by atoms with van der Waals surface area (Å²) in [4.78, 5) is 20.3. The lowest BCUT2D eigenvalue weighted by molar-refractivity contribution is -0.136. The average molecular weight is 385 g/mol. The Kier molecular flexibility index (Phi) is 5.31. The molecule has 2 N–H and O–H groups in total. The highest BCUT2D eigenvalue weighted by Crippen LogP contribution is 2.36. The van der Waals surface area contributed by atoms with Gasteiger partial charge in [-0.05, 0) is 31.0 Å². The molecular formula is C17H16ClF3N4O. The van der Waals surface area contributed by atoms with Gasteiger partial charge in [-0.1, -0.05) is 24.4 Å². The van der Waals surface area contributed by atoms with Crippen LogP contribution < -0.4 is 10.6 Å². The first-order chi connectivity index (χ1) is 12.3. The molecule has 0 atom stereocenters. The summed E-state index contributed by atoms with van der Waals surface area (Å²) in [6.45, 7) is 0. The Morgan fingerprint density at radius 1 is 1.15 bits per heavy atom. The Labute approximate surface area is 153 Å². The van der Waals surface area contributed by atoms with Crippen molar-refractivity contribution >= 4 is 29.1 Å². The van der Waals surface area contributed by atoms with Gasteiger partial charge in [0.05, 0.1) is 16.8 Å². The maximum absolute atomic E-state index is 13.1. The molecular weight excluding hydrogens is 369 g/mol. The molecule has 1 heterocycles. The van der Waals surface area contributed by atoms with Gasteiger partial charge < -0.3 is 10.6 Å². The lowest BCUT2D eigenvalue weighted by Gasteiger charge is -2.14. The van der Waals surface area contributed by atoms with E-state index in [-0.39, 0.29) is 16.3 Å². The monoisotopic (exact) mass is 384 g/mol. The number of amides is 1. The fourth-order valence-corrected chi connectivity index (χ4v) is 3.00. The number of hydrogen-bond acceptors (Lipinski definition) is 4. The van der Waals surface area contributed by atoms with Gasteiger partial charge in [0.2, 0.25) is 5.95 Å². The molecule has 1 aliphatic rings. The molecule has 26 heavy (non-hydrogen) atoms. The highest BCUT2D eigenvalue weighted by molar-refractivity contribution is 6.30. The minimum atomic E-state index is -4.64. The van der Waals surface area contributed by atoms with Gasteiger partial charge in [-0.25, -0.2) is 9.97 Å². The van der Waals surface area contributed by atoms with Crippen LogP contribution in [0.3, 0.4) is 0 Å². The number of benzene rings is 1. The van der Waals surface area contributed by atoms with Crippen molar-refractivity contribution in [1.82, 2.24) is 9.97 Å². The van der Waals surface area contributed by atoms with E-state index in [2.05, 4.69) is 20.6 Å². The van der Waals surface area contributed by atoms with E-state index in [1.54, 1.807) is 0 Å². The molecule has 0 saturated heterocycles. The zero-order chi connectivity index (χ0) is 18.7. The quantitative estimate of drug-likeness (QED) is 0.797. The molecule has 0 bridgehead atoms. The van der Waals surface area contributed by atoms with Crippen molar-refractivity contribution in [2.45, 2.75) is 37.9 Å². The Hall–Kier alpha value is -2.35. The number of aromatic nitrogens is 2. The fourth-order valence-electron chi connectivity index (χ4n) is 2.83. The smallest absolute Gasteiger partial charge is 0.351 e. The van der Waals surface area contributed by atoms with E-state index in [4.69, 9.17) is 11.6 Å². The summed E-state index contributed by atoms with van der Waals surface area (Å²) in [5.74, 6) is -0.332. The van der Waals surface area contributed by atoms with E-state index in [1.807, 2.05) is 0 Å². The molecule has 1 amide bonds. The van der Waals surface area contributed by atoms with Crippen molar-refractivity contribution < 1.29 is 18.0 Å². The summed E-state index contributed by atoms with van der Waals surface area (Å²) >= 11 is 5.62. The van der Waals surface area contributed by atoms with Gasteiger partial charge in [0.15, 0.2) is 0 Å². The van der Waals surface area contributed by atoms with Crippen molar-refractivity contribution in [2.24, 2.45) is 0 Å². The van der Waals surface area contributed by atoms with Crippen LogP contribution in [0.25, 0.3) is 0 Å². The Bertz CT molecular complexity index is 790. The average Bonchev–Trinajstić information content (AvgIpc) is 3.09. The van der Waals surface area contributed by atoms with E-state index in [0.29, 0.717) is 12.0 Å². The van der Waals surface area contributed by atoms with Crippen molar-refractivity contribution in [3.8, 4) is 0 Å². The molecule has 1 saturated carbocycles. The van der Waals surface area contributed by atoms with Crippen LogP contribution in [0.1, 0.15) is 41.6 Å². The topological polar surface area (TPSA) is 66.9 Å². The van der Waals surface area contributed by atoms with Crippen molar-refractivity contribution in [3.63, 3.8) is 0 Å². The zero-order valence-corrected chi connectivity index (χ0v) is 14.4. The maximum atomic E-state index is 13.1. The van der Waals surface area contributed by atoms with Crippen LogP contribution in [0.4, 0.5) is 24.8 Å². The van der Waals surface area contributed by atoms with Gasteiger partial charge in [-0.3, -0.25) is 4.79 Å². The Balaban J connectivity index is 1.72. The fraction of sp³-hybridized carbons (Fsp3) is 0.353. The van der Waals surface area contributed by atoms with E-state index in [1.165, 1.54) is 18.5 Å². The molecule has 5 nitrogen and oxygen atoms in total. The second-order valence-electron chi connectivity index (χ2n) is 6.06. The predicted octanol–water partition coefficient (Wildman–Crippen LogP) is 4.76. The minimum Gasteiger partial charge on any atom is -0.351 e. The Morgan fingerprint density at radius 3 is 2.42 bits per heavy atom. The second-order valence-corrected chi connectivity index (χ2v) is 6.50. The van der Waals surface area contributed by atoms with Gasteiger partial charge in [-0.2, -0.15) is 13.2 Å². The number of hydrogen-bond donors (Lipinski definition) is 2. The van der Waals surface area contributed by atoms with Crippen LogP contribution in [-0.2, 0) is 6.18 Å². The van der Waals surface area contributed by atoms with E-state index >= 15 is 0 Å². The second kappa shape index (κ2) is 7.49. The third-order valence-corrected chi connectivity index (χ3v) is 4.37. The third kappa shape index (κ3) is 4.43. The van der Waals surface area contributed by atoms with Gasteiger partial charge in [0.1, 0.15) is 0 Å². The molecule has 1 aliphatic carbocycles. The summed E-state index contributed by atoms with van der Waals surface area (Å²) in [6.07, 6.45) is 2.32. The van der Waals surface area contributed by atoms with Crippen molar-refractivity contribution in [2.75, 3.05) is 10.6 Å². The molecule has 1 aromatic heterocycles. The summed E-state index contributed by atoms with van der Waals surface area (Å²) in [6, 6.07) is 3.47. The van der Waals surface area contributed by atoms with Crippen molar-refractivity contribution in [1.29, 1.82) is 0 Å². The third-order valence-electron chi connectivity index (χ3n) is 4.14. The normalized spacial score (nSPS) is 15.1. The highest BCUT2D eigenvalue weighted by Gasteiger charge is 2.34. The van der Waals surface area contributed by atoms with Gasteiger partial charge in [0.25, 0.3) is 5.91 Å². The van der Waals surface area contributed by atoms with Crippen LogP contribution in [0, 0.1) is 0 Å². The number of anilines is 2. The predicted molar refractivity (Wildman–Crippen MR) is 92.3 cm³/mol. The molecule has 2 aromatic rings. The van der Waals surface area contributed by atoms with Crippen LogP contribution in [0.15, 0.2) is 30.6 Å². The highest BCUT2D eigenvalue weighted by atomic mass is 35.5. The number of rotatable bonds is 4. The first kappa shape index (κ1) is 18.4. The molecule has 1 fully saturated rings. The van der Waals surface area contributed by atoms with Crippen LogP contribution in [0.2, 0.25) is 5.02 Å². The molecule has 0 spiro atoms. The molecule has 3 rings (SSSR count). The van der Waals surface area contributed by atoms with E-state index < -0.39 is 17.6 Å². The Morgan fingerprint density at radius 2 is 1.81 bits per heavy atom. The SMILES string of the molecule is O=C(Nc1ccc(Cl)cc1C(F)(F)F)c1cnc(NC2CCCC2)nc1. The number of carbonyl (C=O) groups is 1. The van der Waals surface area contributed by atoms with Crippen LogP contribution in [0.5, 0.6) is 0 Å². The lowest BCUT2D eigenvalue weighted by atomic mass is 10.1. The molecule has 0 radical (unpaired) electrons. The first-order valence-electron chi connectivity index (χ1n) is 8.09. The summed E-state index contributed by atoms with van der Waals surface area (Å²) in [5, 5.41) is 5.34. The number of halogens is 4. The largest absolute Gasteiger partial charge is 0.418 e. The standard InChI is InChI=1S/C17H16ClF3N4O/c18-11-5-6-14(13(7-11)17(19,20)21)25-15(26)10-8-22-16(23-9-10)24-12-3-1-2-4-12/h5-9,12H,1-4H2,(H,25,26)(H,22,23,24). The van der Waals surface area contributed by atoms with Crippen LogP contribution in [-0.4, -0.2) is 21.9 Å². The number of alkyl halides is 3. The van der Waals surface area contributed by atoms with Crippen LogP contribution >= 0.6 is 11.6 Å². The molecule has 1 aromatic carbocycles. The summed E-state index contributed by atoms with van der Waals surface area (Å²) < 4.78 is 39.3. The maximum Gasteiger partial charge on any atom is 0.418 e. The minimum absolute atomic E-state index is 0.0602.